The highest BCUT2D eigenvalue weighted by Gasteiger charge is 2.19. The van der Waals surface area contributed by atoms with E-state index >= 15 is 0 Å². The normalized spacial score (nSPS) is 12.2. The van der Waals surface area contributed by atoms with Gasteiger partial charge in [0.25, 0.3) is 0 Å². The lowest BCUT2D eigenvalue weighted by atomic mass is 10.1. The van der Waals surface area contributed by atoms with E-state index in [1.807, 2.05) is 0 Å². The SMILES string of the molecule is CCC/C=C\CCCCCCCC(=O)OCC(COC(=O)CCCCCCCCC/C=C\CCCCCCCCC)OC(=O)CCCCCCC/C=C\CCCCCCCC. The molecule has 0 aromatic carbocycles. The molecule has 0 amide bonds. The number of hydrogen-bond acceptors (Lipinski definition) is 6. The number of carbonyl (C=O) groups excluding carboxylic acids is 3. The average Bonchev–Trinajstić information content (AvgIpc) is 3.26. The molecule has 0 bridgehead atoms. The summed E-state index contributed by atoms with van der Waals surface area (Å²) in [6.07, 6.45) is 58.5. The van der Waals surface area contributed by atoms with Gasteiger partial charge in [-0.25, -0.2) is 0 Å². The Labute approximate surface area is 378 Å². The standard InChI is InChI=1S/C55H100O6/c1-4-7-10-13-16-19-22-24-26-27-28-30-31-33-36-39-42-45-48-54(57)60-51-52(50-59-53(56)47-44-41-38-35-21-18-15-12-9-6-3)61-55(58)49-46-43-40-37-34-32-29-25-23-20-17-14-11-8-5-2/h12,15,25-27,29,52H,4-11,13-14,16-24,28,30-51H2,1-3H3/b15-12-,27-26-,29-25-. The summed E-state index contributed by atoms with van der Waals surface area (Å²) in [6.45, 7) is 6.57. The van der Waals surface area contributed by atoms with E-state index < -0.39 is 6.10 Å². The zero-order valence-electron chi connectivity index (χ0n) is 40.7. The average molecular weight is 857 g/mol. The van der Waals surface area contributed by atoms with Crippen molar-refractivity contribution in [1.82, 2.24) is 0 Å². The number of hydrogen-bond donors (Lipinski definition) is 0. The lowest BCUT2D eigenvalue weighted by molar-refractivity contribution is -0.167. The topological polar surface area (TPSA) is 78.9 Å². The second kappa shape index (κ2) is 50.3. The van der Waals surface area contributed by atoms with Crippen molar-refractivity contribution in [3.63, 3.8) is 0 Å². The van der Waals surface area contributed by atoms with Crippen molar-refractivity contribution in [1.29, 1.82) is 0 Å². The summed E-state index contributed by atoms with van der Waals surface area (Å²) in [5.41, 5.74) is 0. The molecule has 6 nitrogen and oxygen atoms in total. The molecule has 0 radical (unpaired) electrons. The minimum Gasteiger partial charge on any atom is -0.462 e. The molecule has 1 unspecified atom stereocenters. The van der Waals surface area contributed by atoms with E-state index in [4.69, 9.17) is 14.2 Å². The van der Waals surface area contributed by atoms with Gasteiger partial charge in [0.1, 0.15) is 13.2 Å². The monoisotopic (exact) mass is 857 g/mol. The largest absolute Gasteiger partial charge is 0.462 e. The fraction of sp³-hybridized carbons (Fsp3) is 0.836. The number of unbranched alkanes of at least 4 members (excludes halogenated alkanes) is 31. The van der Waals surface area contributed by atoms with Crippen LogP contribution in [0.15, 0.2) is 36.5 Å². The number of allylic oxidation sites excluding steroid dienone is 6. The molecule has 0 aliphatic heterocycles. The molecule has 0 heterocycles. The van der Waals surface area contributed by atoms with Crippen LogP contribution < -0.4 is 0 Å². The molecule has 0 N–H and O–H groups in total. The molecule has 356 valence electrons. The Morgan fingerprint density at radius 1 is 0.311 bits per heavy atom. The summed E-state index contributed by atoms with van der Waals surface area (Å²) in [7, 11) is 0. The van der Waals surface area contributed by atoms with Crippen LogP contribution in [0.2, 0.25) is 0 Å². The van der Waals surface area contributed by atoms with E-state index in [1.165, 1.54) is 161 Å². The van der Waals surface area contributed by atoms with E-state index in [2.05, 4.69) is 57.2 Å². The molecule has 6 heteroatoms. The second-order valence-corrected chi connectivity index (χ2v) is 17.8. The van der Waals surface area contributed by atoms with Crippen LogP contribution in [-0.4, -0.2) is 37.2 Å². The van der Waals surface area contributed by atoms with Crippen molar-refractivity contribution in [3.8, 4) is 0 Å². The Bertz CT molecular complexity index is 1030. The minimum atomic E-state index is -0.778. The van der Waals surface area contributed by atoms with Crippen LogP contribution in [0, 0.1) is 0 Å². The number of esters is 3. The van der Waals surface area contributed by atoms with Gasteiger partial charge in [-0.2, -0.15) is 0 Å². The van der Waals surface area contributed by atoms with E-state index in [-0.39, 0.29) is 31.1 Å². The van der Waals surface area contributed by atoms with Crippen molar-refractivity contribution in [2.75, 3.05) is 13.2 Å². The molecule has 0 rings (SSSR count). The van der Waals surface area contributed by atoms with E-state index in [1.54, 1.807) is 0 Å². The van der Waals surface area contributed by atoms with Gasteiger partial charge < -0.3 is 14.2 Å². The highest BCUT2D eigenvalue weighted by Crippen LogP contribution is 2.15. The molecule has 0 aliphatic carbocycles. The van der Waals surface area contributed by atoms with Crippen molar-refractivity contribution in [3.05, 3.63) is 36.5 Å². The third-order valence-electron chi connectivity index (χ3n) is 11.6. The van der Waals surface area contributed by atoms with Crippen LogP contribution in [0.1, 0.15) is 278 Å². The molecular weight excluding hydrogens is 757 g/mol. The lowest BCUT2D eigenvalue weighted by Gasteiger charge is -2.18. The van der Waals surface area contributed by atoms with Crippen molar-refractivity contribution < 1.29 is 28.6 Å². The van der Waals surface area contributed by atoms with Gasteiger partial charge in [0, 0.05) is 19.3 Å². The Hall–Kier alpha value is -2.37. The van der Waals surface area contributed by atoms with E-state index in [0.29, 0.717) is 19.3 Å². The smallest absolute Gasteiger partial charge is 0.306 e. The molecule has 0 fully saturated rings. The first-order valence-corrected chi connectivity index (χ1v) is 26.5. The third-order valence-corrected chi connectivity index (χ3v) is 11.6. The van der Waals surface area contributed by atoms with Crippen LogP contribution in [0.25, 0.3) is 0 Å². The van der Waals surface area contributed by atoms with Gasteiger partial charge in [-0.15, -0.1) is 0 Å². The second-order valence-electron chi connectivity index (χ2n) is 17.8. The van der Waals surface area contributed by atoms with Gasteiger partial charge in [0.15, 0.2) is 6.10 Å². The number of rotatable bonds is 48. The molecule has 0 spiro atoms. The zero-order chi connectivity index (χ0) is 44.4. The summed E-state index contributed by atoms with van der Waals surface area (Å²) < 4.78 is 16.8. The van der Waals surface area contributed by atoms with Crippen LogP contribution in [-0.2, 0) is 28.6 Å². The van der Waals surface area contributed by atoms with Crippen LogP contribution in [0.5, 0.6) is 0 Å². The molecule has 0 aromatic heterocycles. The van der Waals surface area contributed by atoms with Crippen molar-refractivity contribution in [2.24, 2.45) is 0 Å². The first-order chi connectivity index (χ1) is 30.0. The highest BCUT2D eigenvalue weighted by molar-refractivity contribution is 5.71. The van der Waals surface area contributed by atoms with E-state index in [9.17, 15) is 14.4 Å². The molecule has 0 aliphatic rings. The maximum atomic E-state index is 12.8. The summed E-state index contributed by atoms with van der Waals surface area (Å²) in [6, 6.07) is 0. The van der Waals surface area contributed by atoms with Gasteiger partial charge in [0.2, 0.25) is 0 Å². The predicted octanol–water partition coefficient (Wildman–Crippen LogP) is 17.3. The van der Waals surface area contributed by atoms with Crippen LogP contribution in [0.3, 0.4) is 0 Å². The van der Waals surface area contributed by atoms with Crippen molar-refractivity contribution in [2.45, 2.75) is 284 Å². The first kappa shape index (κ1) is 58.6. The van der Waals surface area contributed by atoms with Crippen LogP contribution in [0.4, 0.5) is 0 Å². The van der Waals surface area contributed by atoms with Gasteiger partial charge in [-0.1, -0.05) is 205 Å². The summed E-state index contributed by atoms with van der Waals surface area (Å²) in [5.74, 6) is -0.894. The molecule has 0 saturated carbocycles. The summed E-state index contributed by atoms with van der Waals surface area (Å²) in [4.78, 5) is 37.9. The molecular formula is C55H100O6. The van der Waals surface area contributed by atoms with E-state index in [0.717, 1.165) is 77.0 Å². The number of carbonyl (C=O) groups is 3. The van der Waals surface area contributed by atoms with Gasteiger partial charge >= 0.3 is 17.9 Å². The fourth-order valence-corrected chi connectivity index (χ4v) is 7.55. The summed E-state index contributed by atoms with van der Waals surface area (Å²) in [5, 5.41) is 0. The lowest BCUT2D eigenvalue weighted by Crippen LogP contribution is -2.30. The summed E-state index contributed by atoms with van der Waals surface area (Å²) >= 11 is 0. The molecule has 0 aromatic rings. The first-order valence-electron chi connectivity index (χ1n) is 26.5. The third kappa shape index (κ3) is 48.5. The molecule has 1 atom stereocenters. The molecule has 61 heavy (non-hydrogen) atoms. The van der Waals surface area contributed by atoms with Crippen LogP contribution >= 0.6 is 0 Å². The Balaban J connectivity index is 4.32. The maximum Gasteiger partial charge on any atom is 0.306 e. The Kier molecular flexibility index (Phi) is 48.3. The Morgan fingerprint density at radius 3 is 0.885 bits per heavy atom. The van der Waals surface area contributed by atoms with Gasteiger partial charge in [-0.05, 0) is 89.9 Å². The predicted molar refractivity (Wildman–Crippen MR) is 261 cm³/mol. The molecule has 0 saturated heterocycles. The van der Waals surface area contributed by atoms with Gasteiger partial charge in [0.05, 0.1) is 0 Å². The van der Waals surface area contributed by atoms with Gasteiger partial charge in [-0.3, -0.25) is 14.4 Å². The fourth-order valence-electron chi connectivity index (χ4n) is 7.55. The Morgan fingerprint density at radius 2 is 0.574 bits per heavy atom. The zero-order valence-corrected chi connectivity index (χ0v) is 40.7. The minimum absolute atomic E-state index is 0.0789. The van der Waals surface area contributed by atoms with Crippen molar-refractivity contribution >= 4 is 17.9 Å². The highest BCUT2D eigenvalue weighted by atomic mass is 16.6. The quantitative estimate of drug-likeness (QED) is 0.0262. The number of ether oxygens (including phenoxy) is 3. The maximum absolute atomic E-state index is 12.8.